The van der Waals surface area contributed by atoms with Crippen LogP contribution in [-0.2, 0) is 21.7 Å². The van der Waals surface area contributed by atoms with E-state index in [9.17, 15) is 0 Å². The largest absolute Gasteiger partial charge is 0.310 e. The van der Waals surface area contributed by atoms with Gasteiger partial charge in [-0.25, -0.2) is 0 Å². The molecule has 1 aliphatic rings. The first-order valence-corrected chi connectivity index (χ1v) is 28.0. The Morgan fingerprint density at radius 1 is 0.368 bits per heavy atom. The zero-order valence-corrected chi connectivity index (χ0v) is 47.5. The molecule has 1 aliphatic heterocycles. The number of hydrogen-bond acceptors (Lipinski definition) is 4. The summed E-state index contributed by atoms with van der Waals surface area (Å²) in [5.74, 6) is 0. The summed E-state index contributed by atoms with van der Waals surface area (Å²) in [4.78, 5) is 7.30. The Bertz CT molecular complexity index is 4000. The van der Waals surface area contributed by atoms with E-state index in [1.165, 1.54) is 64.2 Å². The van der Waals surface area contributed by atoms with Gasteiger partial charge in [-0.2, -0.15) is 0 Å². The smallest absolute Gasteiger partial charge is 0.0888 e. The van der Waals surface area contributed by atoms with Crippen molar-refractivity contribution in [3.63, 3.8) is 0 Å². The third kappa shape index (κ3) is 8.35. The Hall–Kier alpha value is -7.31. The number of aromatic nitrogens is 1. The minimum atomic E-state index is -0.171. The number of benzene rings is 9. The van der Waals surface area contributed by atoms with Gasteiger partial charge in [-0.05, 0) is 141 Å². The third-order valence-electron chi connectivity index (χ3n) is 15.5. The second-order valence-corrected chi connectivity index (χ2v) is 26.4. The molecule has 0 spiro atoms. The van der Waals surface area contributed by atoms with E-state index in [1.54, 1.807) is 0 Å². The molecule has 2 aromatic heterocycles. The summed E-state index contributed by atoms with van der Waals surface area (Å²) >= 11 is 10.4. The van der Waals surface area contributed by atoms with E-state index < -0.39 is 0 Å². The van der Waals surface area contributed by atoms with Gasteiger partial charge in [-0.3, -0.25) is 0 Å². The predicted octanol–water partition coefficient (Wildman–Crippen LogP) is 21.7. The molecule has 0 saturated carbocycles. The van der Waals surface area contributed by atoms with Crippen molar-refractivity contribution in [1.82, 2.24) is 4.57 Å². The maximum atomic E-state index is 8.55. The van der Waals surface area contributed by atoms with Crippen molar-refractivity contribution in [3.8, 4) is 5.69 Å². The molecule has 4 nitrogen and oxygen atoms in total. The van der Waals surface area contributed by atoms with Crippen molar-refractivity contribution in [3.05, 3.63) is 215 Å². The lowest BCUT2D eigenvalue weighted by atomic mass is 9.84. The summed E-state index contributed by atoms with van der Waals surface area (Å²) in [6.07, 6.45) is 0. The first kappa shape index (κ1) is 49.6. The average Bonchev–Trinajstić information content (AvgIpc) is 4.03. The van der Waals surface area contributed by atoms with Crippen molar-refractivity contribution in [2.24, 2.45) is 0 Å². The lowest BCUT2D eigenvalue weighted by Gasteiger charge is -2.38. The van der Waals surface area contributed by atoms with Crippen molar-refractivity contribution >= 4 is 116 Å². The summed E-state index contributed by atoms with van der Waals surface area (Å²) < 4.78 is 5.00. The van der Waals surface area contributed by atoms with Gasteiger partial charge in [0.2, 0.25) is 0 Å². The van der Waals surface area contributed by atoms with Gasteiger partial charge in [-0.1, -0.05) is 186 Å². The summed E-state index contributed by atoms with van der Waals surface area (Å²) in [5.41, 5.74) is 17.3. The molecule has 0 fully saturated rings. The SMILES string of the molecule is CC(C)(C)c1ccc(N(c2cc(N(c3ccccc3)c3ccccc3)cc(N3c4ccc(C(C)(C)C)cc4-n4c5ccc(C(C)(C)C)cc5c5cc(C(C)(C)C)cc3c54)c2Cl)c2cccc3c2sc2ccccc23)cc1. The highest BCUT2D eigenvalue weighted by Crippen LogP contribution is 2.57. The van der Waals surface area contributed by atoms with Gasteiger partial charge in [0.15, 0.2) is 0 Å². The van der Waals surface area contributed by atoms with E-state index in [0.717, 1.165) is 56.9 Å². The first-order valence-electron chi connectivity index (χ1n) is 26.8. The minimum Gasteiger partial charge on any atom is -0.310 e. The summed E-state index contributed by atoms with van der Waals surface area (Å²) in [7, 11) is 0. The highest BCUT2D eigenvalue weighted by atomic mass is 35.5. The van der Waals surface area contributed by atoms with Crippen LogP contribution in [0.1, 0.15) is 105 Å². The number of thiophene rings is 1. The van der Waals surface area contributed by atoms with Crippen LogP contribution in [0.2, 0.25) is 5.02 Å². The highest BCUT2D eigenvalue weighted by molar-refractivity contribution is 7.26. The Morgan fingerprint density at radius 3 is 1.55 bits per heavy atom. The summed E-state index contributed by atoms with van der Waals surface area (Å²) in [6, 6.07) is 70.0. The minimum absolute atomic E-state index is 0.0380. The van der Waals surface area contributed by atoms with Gasteiger partial charge < -0.3 is 19.3 Å². The van der Waals surface area contributed by atoms with Crippen LogP contribution < -0.4 is 14.7 Å². The molecular weight excluding hydrogens is 964 g/mol. The second kappa shape index (κ2) is 17.9. The van der Waals surface area contributed by atoms with Crippen molar-refractivity contribution < 1.29 is 0 Å². The molecule has 380 valence electrons. The number of fused-ring (bicyclic) bond motifs is 8. The average molecular weight is 1030 g/mol. The summed E-state index contributed by atoms with van der Waals surface area (Å²) in [6.45, 7) is 27.7. The molecular formula is C70H67ClN4S. The van der Waals surface area contributed by atoms with E-state index >= 15 is 0 Å². The molecule has 12 rings (SSSR count). The maximum Gasteiger partial charge on any atom is 0.0888 e. The van der Waals surface area contributed by atoms with Gasteiger partial charge >= 0.3 is 0 Å². The van der Waals surface area contributed by atoms with Crippen LogP contribution >= 0.6 is 22.9 Å². The standard InChI is InChI=1S/C70H67ClN4S/c1-67(2,3)44-30-34-50(35-31-44)73(58-28-21-27-53-52-26-19-20-29-63(52)76-66(53)58)60-42-51(72(48-22-15-13-16-23-48)49-24-17-14-18-25-49)43-61(64(60)71)74-57-37-33-46(69(7,8)9)40-59(57)75-56-36-32-45(68(4,5)6)38-54(56)55-39-47(70(10,11)12)41-62(74)65(55)75/h13-43H,1-12H3. The van der Waals surface area contributed by atoms with Crippen LogP contribution in [0.3, 0.4) is 0 Å². The Morgan fingerprint density at radius 2 is 0.908 bits per heavy atom. The van der Waals surface area contributed by atoms with Gasteiger partial charge in [0.25, 0.3) is 0 Å². The number of hydrogen-bond donors (Lipinski definition) is 0. The predicted molar refractivity (Wildman–Crippen MR) is 331 cm³/mol. The molecule has 76 heavy (non-hydrogen) atoms. The van der Waals surface area contributed by atoms with E-state index in [1.807, 2.05) is 11.3 Å². The molecule has 0 bridgehead atoms. The fourth-order valence-electron chi connectivity index (χ4n) is 11.3. The first-order chi connectivity index (χ1) is 36.1. The summed E-state index contributed by atoms with van der Waals surface area (Å²) in [5, 5.41) is 5.60. The van der Waals surface area contributed by atoms with E-state index in [0.29, 0.717) is 5.02 Å². The molecule has 0 amide bonds. The van der Waals surface area contributed by atoms with E-state index in [-0.39, 0.29) is 21.7 Å². The van der Waals surface area contributed by atoms with Crippen LogP contribution in [0.4, 0.5) is 51.2 Å². The van der Waals surface area contributed by atoms with Gasteiger partial charge in [0.1, 0.15) is 0 Å². The lowest BCUT2D eigenvalue weighted by molar-refractivity contribution is 0.589. The quantitative estimate of drug-likeness (QED) is 0.158. The normalized spacial score (nSPS) is 13.0. The molecule has 0 atom stereocenters. The monoisotopic (exact) mass is 1030 g/mol. The molecule has 0 aliphatic carbocycles. The third-order valence-corrected chi connectivity index (χ3v) is 17.1. The molecule has 11 aromatic rings. The zero-order chi connectivity index (χ0) is 53.2. The number of halogens is 1. The molecule has 0 N–H and O–H groups in total. The van der Waals surface area contributed by atoms with Crippen LogP contribution in [0, 0.1) is 0 Å². The Kier molecular flexibility index (Phi) is 11.7. The zero-order valence-electron chi connectivity index (χ0n) is 46.0. The van der Waals surface area contributed by atoms with Crippen LogP contribution in [0.25, 0.3) is 47.7 Å². The number of para-hydroxylation sites is 2. The number of anilines is 9. The topological polar surface area (TPSA) is 14.7 Å². The number of rotatable bonds is 7. The fraction of sp³-hybridized carbons (Fsp3) is 0.229. The Labute approximate surface area is 458 Å². The maximum absolute atomic E-state index is 8.55. The molecule has 0 radical (unpaired) electrons. The molecule has 9 aromatic carbocycles. The molecule has 0 saturated heterocycles. The van der Waals surface area contributed by atoms with Crippen molar-refractivity contribution in [1.29, 1.82) is 0 Å². The van der Waals surface area contributed by atoms with Crippen molar-refractivity contribution in [2.75, 3.05) is 14.7 Å². The number of nitrogens with zero attached hydrogens (tertiary/aromatic N) is 4. The second-order valence-electron chi connectivity index (χ2n) is 24.9. The van der Waals surface area contributed by atoms with E-state index in [4.69, 9.17) is 11.6 Å². The highest BCUT2D eigenvalue weighted by Gasteiger charge is 2.36. The van der Waals surface area contributed by atoms with Gasteiger partial charge in [-0.15, -0.1) is 11.3 Å². The fourth-order valence-corrected chi connectivity index (χ4v) is 12.7. The van der Waals surface area contributed by atoms with Crippen LogP contribution in [-0.4, -0.2) is 4.57 Å². The molecule has 0 unspecified atom stereocenters. The van der Waals surface area contributed by atoms with Gasteiger partial charge in [0.05, 0.1) is 60.6 Å². The molecule has 3 heterocycles. The Balaban J connectivity index is 1.24. The van der Waals surface area contributed by atoms with E-state index in [2.05, 4.69) is 290 Å². The lowest BCUT2D eigenvalue weighted by Crippen LogP contribution is -2.23. The van der Waals surface area contributed by atoms with Gasteiger partial charge in [0, 0.05) is 43.3 Å². The van der Waals surface area contributed by atoms with Crippen LogP contribution in [0.15, 0.2) is 188 Å². The van der Waals surface area contributed by atoms with Crippen molar-refractivity contribution in [2.45, 2.75) is 105 Å². The van der Waals surface area contributed by atoms with Crippen LogP contribution in [0.5, 0.6) is 0 Å². The molecule has 6 heteroatoms.